The van der Waals surface area contributed by atoms with E-state index in [0.717, 1.165) is 6.54 Å². The molecule has 3 rings (SSSR count). The van der Waals surface area contributed by atoms with Gasteiger partial charge in [-0.3, -0.25) is 0 Å². The van der Waals surface area contributed by atoms with Gasteiger partial charge in [-0.05, 0) is 30.6 Å². The van der Waals surface area contributed by atoms with Crippen LogP contribution in [0.2, 0.25) is 0 Å². The Hall–Kier alpha value is -1.60. The molecular formula is C17H19N. The number of benzene rings is 2. The summed E-state index contributed by atoms with van der Waals surface area (Å²) >= 11 is 0. The first-order valence-electron chi connectivity index (χ1n) is 6.76. The van der Waals surface area contributed by atoms with Gasteiger partial charge in [0, 0.05) is 12.5 Å². The van der Waals surface area contributed by atoms with Gasteiger partial charge in [0.15, 0.2) is 0 Å². The molecule has 0 aromatic heterocycles. The fourth-order valence-electron chi connectivity index (χ4n) is 2.60. The van der Waals surface area contributed by atoms with Crippen LogP contribution in [0.25, 0.3) is 0 Å². The van der Waals surface area contributed by atoms with Crippen molar-refractivity contribution in [3.63, 3.8) is 0 Å². The fourth-order valence-corrected chi connectivity index (χ4v) is 2.60. The van der Waals surface area contributed by atoms with Crippen LogP contribution in [-0.4, -0.2) is 24.5 Å². The highest BCUT2D eigenvalue weighted by Gasteiger charge is 2.21. The minimum Gasteiger partial charge on any atom is -0.302 e. The molecule has 18 heavy (non-hydrogen) atoms. The molecule has 1 nitrogen and oxygen atoms in total. The number of nitrogens with zero attached hydrogens (tertiary/aromatic N) is 1. The monoisotopic (exact) mass is 237 g/mol. The van der Waals surface area contributed by atoms with Crippen LogP contribution in [-0.2, 0) is 0 Å². The lowest BCUT2D eigenvalue weighted by molar-refractivity contribution is 0.176. The lowest BCUT2D eigenvalue weighted by atomic mass is 9.90. The maximum Gasteiger partial charge on any atom is 0.0217 e. The van der Waals surface area contributed by atoms with E-state index in [1.165, 1.54) is 30.6 Å². The van der Waals surface area contributed by atoms with E-state index < -0.39 is 0 Å². The van der Waals surface area contributed by atoms with Gasteiger partial charge in [-0.25, -0.2) is 0 Å². The zero-order valence-corrected chi connectivity index (χ0v) is 10.6. The molecule has 2 aromatic rings. The second-order valence-corrected chi connectivity index (χ2v) is 5.03. The average Bonchev–Trinajstić information content (AvgIpc) is 2.40. The lowest BCUT2D eigenvalue weighted by Gasteiger charge is -2.34. The molecule has 0 atom stereocenters. The van der Waals surface area contributed by atoms with Crippen LogP contribution in [0.1, 0.15) is 23.5 Å². The highest BCUT2D eigenvalue weighted by Crippen LogP contribution is 2.26. The van der Waals surface area contributed by atoms with E-state index in [9.17, 15) is 0 Å². The van der Waals surface area contributed by atoms with Gasteiger partial charge in [0.25, 0.3) is 0 Å². The Morgan fingerprint density at radius 1 is 0.778 bits per heavy atom. The lowest BCUT2D eigenvalue weighted by Crippen LogP contribution is -2.40. The van der Waals surface area contributed by atoms with Crippen molar-refractivity contribution in [1.82, 2.24) is 4.90 Å². The predicted octanol–water partition coefficient (Wildman–Crippen LogP) is 3.52. The summed E-state index contributed by atoms with van der Waals surface area (Å²) in [5.41, 5.74) is 2.85. The third-order valence-corrected chi connectivity index (χ3v) is 3.79. The van der Waals surface area contributed by atoms with Crippen LogP contribution in [0.3, 0.4) is 0 Å². The number of hydrogen-bond donors (Lipinski definition) is 0. The van der Waals surface area contributed by atoms with Crippen molar-refractivity contribution in [3.8, 4) is 0 Å². The molecule has 1 aliphatic rings. The highest BCUT2D eigenvalue weighted by atomic mass is 15.2. The Bertz CT molecular complexity index is 434. The molecule has 2 aromatic carbocycles. The smallest absolute Gasteiger partial charge is 0.0217 e. The van der Waals surface area contributed by atoms with Gasteiger partial charge in [-0.15, -0.1) is 0 Å². The first kappa shape index (κ1) is 11.5. The van der Waals surface area contributed by atoms with Crippen molar-refractivity contribution in [3.05, 3.63) is 71.8 Å². The van der Waals surface area contributed by atoms with E-state index in [2.05, 4.69) is 65.6 Å². The molecule has 0 unspecified atom stereocenters. The van der Waals surface area contributed by atoms with E-state index in [4.69, 9.17) is 0 Å². The zero-order valence-electron chi connectivity index (χ0n) is 10.6. The minimum absolute atomic E-state index is 0.507. The molecule has 0 aliphatic carbocycles. The molecule has 0 saturated carbocycles. The summed E-state index contributed by atoms with van der Waals surface area (Å²) in [4.78, 5) is 2.55. The van der Waals surface area contributed by atoms with E-state index in [-0.39, 0.29) is 0 Å². The Labute approximate surface area is 109 Å². The molecule has 92 valence electrons. The van der Waals surface area contributed by atoms with Crippen LogP contribution in [0.5, 0.6) is 0 Å². The van der Waals surface area contributed by atoms with Crippen LogP contribution in [0, 0.1) is 0 Å². The molecule has 0 radical (unpaired) electrons. The average molecular weight is 237 g/mol. The Morgan fingerprint density at radius 2 is 1.28 bits per heavy atom. The van der Waals surface area contributed by atoms with Gasteiger partial charge >= 0.3 is 0 Å². The van der Waals surface area contributed by atoms with Crippen molar-refractivity contribution < 1.29 is 0 Å². The maximum absolute atomic E-state index is 2.55. The van der Waals surface area contributed by atoms with E-state index >= 15 is 0 Å². The van der Waals surface area contributed by atoms with Gasteiger partial charge in [0.1, 0.15) is 0 Å². The second-order valence-electron chi connectivity index (χ2n) is 5.03. The molecular weight excluding hydrogens is 218 g/mol. The quantitative estimate of drug-likeness (QED) is 0.786. The first-order chi connectivity index (χ1) is 8.93. The van der Waals surface area contributed by atoms with Crippen molar-refractivity contribution in [2.45, 2.75) is 12.3 Å². The molecule has 1 heterocycles. The molecule has 1 saturated heterocycles. The summed E-state index contributed by atoms with van der Waals surface area (Å²) in [6, 6.07) is 21.7. The second kappa shape index (κ2) is 5.36. The molecule has 1 aliphatic heterocycles. The third-order valence-electron chi connectivity index (χ3n) is 3.79. The standard InChI is InChI=1S/C17H19N/c1-3-8-15(9-4-1)17(14-18-12-7-13-18)16-10-5-2-6-11-16/h1-6,8-11,17H,7,12-14H2. The van der Waals surface area contributed by atoms with Crippen molar-refractivity contribution in [2.75, 3.05) is 19.6 Å². The van der Waals surface area contributed by atoms with Crippen LogP contribution in [0.15, 0.2) is 60.7 Å². The third kappa shape index (κ3) is 2.46. The molecule has 0 amide bonds. The Morgan fingerprint density at radius 3 is 1.67 bits per heavy atom. The van der Waals surface area contributed by atoms with Crippen LogP contribution < -0.4 is 0 Å². The SMILES string of the molecule is c1ccc(C(CN2CCC2)c2ccccc2)cc1. The number of likely N-dealkylation sites (tertiary alicyclic amines) is 1. The van der Waals surface area contributed by atoms with Crippen LogP contribution in [0.4, 0.5) is 0 Å². The highest BCUT2D eigenvalue weighted by molar-refractivity contribution is 5.32. The molecule has 1 heteroatoms. The topological polar surface area (TPSA) is 3.24 Å². The molecule has 1 fully saturated rings. The minimum atomic E-state index is 0.507. The summed E-state index contributed by atoms with van der Waals surface area (Å²) in [6.45, 7) is 3.67. The van der Waals surface area contributed by atoms with Gasteiger partial charge in [-0.2, -0.15) is 0 Å². The molecule has 0 N–H and O–H groups in total. The largest absolute Gasteiger partial charge is 0.302 e. The van der Waals surface area contributed by atoms with Gasteiger partial charge < -0.3 is 4.90 Å². The summed E-state index contributed by atoms with van der Waals surface area (Å²) < 4.78 is 0. The summed E-state index contributed by atoms with van der Waals surface area (Å²) in [6.07, 6.45) is 1.36. The summed E-state index contributed by atoms with van der Waals surface area (Å²) in [7, 11) is 0. The Kier molecular flexibility index (Phi) is 3.42. The Balaban J connectivity index is 1.88. The van der Waals surface area contributed by atoms with E-state index in [1.54, 1.807) is 0 Å². The number of rotatable bonds is 4. The van der Waals surface area contributed by atoms with Gasteiger partial charge in [0.05, 0.1) is 0 Å². The van der Waals surface area contributed by atoms with Crippen LogP contribution >= 0.6 is 0 Å². The molecule has 0 spiro atoms. The first-order valence-corrected chi connectivity index (χ1v) is 6.76. The van der Waals surface area contributed by atoms with Crippen molar-refractivity contribution in [2.24, 2.45) is 0 Å². The van der Waals surface area contributed by atoms with Gasteiger partial charge in [-0.1, -0.05) is 60.7 Å². The normalized spacial score (nSPS) is 15.6. The van der Waals surface area contributed by atoms with E-state index in [1.807, 2.05) is 0 Å². The summed E-state index contributed by atoms with van der Waals surface area (Å²) in [5.74, 6) is 0.507. The summed E-state index contributed by atoms with van der Waals surface area (Å²) in [5, 5.41) is 0. The maximum atomic E-state index is 2.55. The molecule has 0 bridgehead atoms. The zero-order chi connectivity index (χ0) is 12.2. The number of hydrogen-bond acceptors (Lipinski definition) is 1. The van der Waals surface area contributed by atoms with Crippen molar-refractivity contribution >= 4 is 0 Å². The van der Waals surface area contributed by atoms with Gasteiger partial charge in [0.2, 0.25) is 0 Å². The van der Waals surface area contributed by atoms with E-state index in [0.29, 0.717) is 5.92 Å². The van der Waals surface area contributed by atoms with Crippen molar-refractivity contribution in [1.29, 1.82) is 0 Å². The fraction of sp³-hybridized carbons (Fsp3) is 0.294. The predicted molar refractivity (Wildman–Crippen MR) is 75.8 cm³/mol.